The second-order valence-corrected chi connectivity index (χ2v) is 20.6. The van der Waals surface area contributed by atoms with Crippen LogP contribution in [-0.2, 0) is 28.6 Å². The zero-order chi connectivity index (χ0) is 49.3. The molecule has 0 spiro atoms. The molecule has 6 nitrogen and oxygen atoms in total. The smallest absolute Gasteiger partial charge is 0.306 e. The van der Waals surface area contributed by atoms with Crippen LogP contribution in [0, 0.1) is 0 Å². The number of carbonyl (C=O) groups excluding carboxylic acids is 3. The third-order valence-electron chi connectivity index (χ3n) is 13.7. The van der Waals surface area contributed by atoms with Crippen LogP contribution in [-0.4, -0.2) is 37.2 Å². The summed E-state index contributed by atoms with van der Waals surface area (Å²) in [6.45, 7) is 6.68. The molecule has 1 atom stereocenters. The van der Waals surface area contributed by atoms with Crippen LogP contribution in [0.5, 0.6) is 0 Å². The number of carbonyl (C=O) groups is 3. The summed E-state index contributed by atoms with van der Waals surface area (Å²) in [5.74, 6) is -0.847. The Kier molecular flexibility index (Phi) is 55.7. The van der Waals surface area contributed by atoms with Crippen LogP contribution in [0.15, 0.2) is 24.3 Å². The summed E-state index contributed by atoms with van der Waals surface area (Å²) >= 11 is 0. The van der Waals surface area contributed by atoms with Gasteiger partial charge in [-0.05, 0) is 51.4 Å². The summed E-state index contributed by atoms with van der Waals surface area (Å²) in [6, 6.07) is 0. The Morgan fingerprint density at radius 1 is 0.294 bits per heavy atom. The van der Waals surface area contributed by atoms with Gasteiger partial charge in [0.1, 0.15) is 13.2 Å². The summed E-state index contributed by atoms with van der Waals surface area (Å²) < 4.78 is 16.9. The molecule has 6 heteroatoms. The molecule has 0 heterocycles. The highest BCUT2D eigenvalue weighted by molar-refractivity contribution is 5.71. The van der Waals surface area contributed by atoms with Crippen LogP contribution in [0.1, 0.15) is 335 Å². The van der Waals surface area contributed by atoms with Crippen molar-refractivity contribution in [1.29, 1.82) is 0 Å². The Balaban J connectivity index is 4.28. The van der Waals surface area contributed by atoms with Crippen molar-refractivity contribution in [3.63, 3.8) is 0 Å². The normalized spacial score (nSPS) is 12.1. The zero-order valence-corrected chi connectivity index (χ0v) is 45.9. The largest absolute Gasteiger partial charge is 0.462 e. The third kappa shape index (κ3) is 54.8. The maximum atomic E-state index is 12.9. The predicted octanol–water partition coefficient (Wildman–Crippen LogP) is 20.3. The van der Waals surface area contributed by atoms with Crippen molar-refractivity contribution in [2.45, 2.75) is 341 Å². The van der Waals surface area contributed by atoms with E-state index < -0.39 is 6.10 Å². The van der Waals surface area contributed by atoms with Crippen LogP contribution in [0.2, 0.25) is 0 Å². The Bertz CT molecular complexity index is 1100. The molecule has 0 fully saturated rings. The van der Waals surface area contributed by atoms with Gasteiger partial charge < -0.3 is 14.2 Å². The molecule has 1 unspecified atom stereocenters. The molecular weight excluding hydrogens is 841 g/mol. The van der Waals surface area contributed by atoms with E-state index in [1.54, 1.807) is 0 Å². The first-order chi connectivity index (χ1) is 33.5. The number of unbranched alkanes of at least 4 members (excludes halogenated alkanes) is 41. The highest BCUT2D eigenvalue weighted by Gasteiger charge is 2.19. The van der Waals surface area contributed by atoms with Gasteiger partial charge in [0.2, 0.25) is 0 Å². The Hall–Kier alpha value is -2.11. The summed E-state index contributed by atoms with van der Waals surface area (Å²) in [6.07, 6.45) is 67.4. The van der Waals surface area contributed by atoms with E-state index in [2.05, 4.69) is 45.1 Å². The highest BCUT2D eigenvalue weighted by Crippen LogP contribution is 2.17. The van der Waals surface area contributed by atoms with Crippen molar-refractivity contribution in [1.82, 2.24) is 0 Å². The van der Waals surface area contributed by atoms with E-state index in [4.69, 9.17) is 14.2 Å². The van der Waals surface area contributed by atoms with Gasteiger partial charge in [0.15, 0.2) is 6.10 Å². The van der Waals surface area contributed by atoms with E-state index in [0.29, 0.717) is 19.3 Å². The molecule has 0 aliphatic heterocycles. The Labute approximate surface area is 423 Å². The van der Waals surface area contributed by atoms with E-state index in [1.807, 2.05) is 0 Å². The molecule has 0 saturated heterocycles. The van der Waals surface area contributed by atoms with E-state index in [0.717, 1.165) is 64.2 Å². The molecule has 0 radical (unpaired) electrons. The summed E-state index contributed by atoms with van der Waals surface area (Å²) in [7, 11) is 0. The molecule has 400 valence electrons. The molecule has 0 aliphatic carbocycles. The predicted molar refractivity (Wildman–Crippen MR) is 293 cm³/mol. The third-order valence-corrected chi connectivity index (χ3v) is 13.7. The molecule has 68 heavy (non-hydrogen) atoms. The van der Waals surface area contributed by atoms with Crippen molar-refractivity contribution in [2.75, 3.05) is 13.2 Å². The van der Waals surface area contributed by atoms with Gasteiger partial charge in [-0.25, -0.2) is 0 Å². The van der Waals surface area contributed by atoms with Crippen molar-refractivity contribution < 1.29 is 28.6 Å². The average molecular weight is 958 g/mol. The van der Waals surface area contributed by atoms with Crippen LogP contribution in [0.3, 0.4) is 0 Å². The monoisotopic (exact) mass is 957 g/mol. The van der Waals surface area contributed by atoms with Gasteiger partial charge in [0.05, 0.1) is 0 Å². The molecular formula is C62H116O6. The molecule has 0 bridgehead atoms. The number of ether oxygens (including phenoxy) is 3. The van der Waals surface area contributed by atoms with Crippen LogP contribution in [0.4, 0.5) is 0 Å². The summed E-state index contributed by atoms with van der Waals surface area (Å²) in [5.41, 5.74) is 0. The lowest BCUT2D eigenvalue weighted by Gasteiger charge is -2.18. The second kappa shape index (κ2) is 57.5. The topological polar surface area (TPSA) is 78.9 Å². The van der Waals surface area contributed by atoms with Crippen molar-refractivity contribution in [2.24, 2.45) is 0 Å². The summed E-state index contributed by atoms with van der Waals surface area (Å²) in [4.78, 5) is 38.2. The van der Waals surface area contributed by atoms with Crippen LogP contribution < -0.4 is 0 Å². The lowest BCUT2D eigenvalue weighted by molar-refractivity contribution is -0.167. The quantitative estimate of drug-likeness (QED) is 0.0262. The fraction of sp³-hybridized carbons (Fsp3) is 0.887. The standard InChI is InChI=1S/C62H116O6/c1-4-7-10-13-16-19-22-25-27-29-30-31-32-34-35-37-40-43-46-49-52-55-61(64)67-58-59(57-66-60(63)54-51-48-45-42-39-24-21-18-15-12-9-6-3)68-62(65)56-53-50-47-44-41-38-36-33-28-26-23-20-17-14-11-8-5-2/h22,25,29-30,59H,4-21,23-24,26-28,31-58H2,1-3H3/b25-22-,30-29-. The Morgan fingerprint density at radius 3 is 0.809 bits per heavy atom. The fourth-order valence-electron chi connectivity index (χ4n) is 9.12. The second-order valence-electron chi connectivity index (χ2n) is 20.6. The molecule has 0 aromatic carbocycles. The average Bonchev–Trinajstić information content (AvgIpc) is 3.34. The van der Waals surface area contributed by atoms with Gasteiger partial charge in [-0.3, -0.25) is 14.4 Å². The van der Waals surface area contributed by atoms with Crippen molar-refractivity contribution in [3.05, 3.63) is 24.3 Å². The number of rotatable bonds is 56. The number of allylic oxidation sites excluding steroid dienone is 4. The van der Waals surface area contributed by atoms with Gasteiger partial charge >= 0.3 is 17.9 Å². The van der Waals surface area contributed by atoms with Crippen LogP contribution >= 0.6 is 0 Å². The molecule has 0 aliphatic rings. The number of esters is 3. The van der Waals surface area contributed by atoms with E-state index in [-0.39, 0.29) is 31.1 Å². The number of hydrogen-bond acceptors (Lipinski definition) is 6. The van der Waals surface area contributed by atoms with Crippen LogP contribution in [0.25, 0.3) is 0 Å². The van der Waals surface area contributed by atoms with Crippen molar-refractivity contribution >= 4 is 17.9 Å². The molecule has 0 aromatic rings. The minimum Gasteiger partial charge on any atom is -0.462 e. The first kappa shape index (κ1) is 65.9. The maximum Gasteiger partial charge on any atom is 0.306 e. The molecule has 0 saturated carbocycles. The first-order valence-electron chi connectivity index (χ1n) is 30.3. The van der Waals surface area contributed by atoms with Crippen molar-refractivity contribution in [3.8, 4) is 0 Å². The lowest BCUT2D eigenvalue weighted by Crippen LogP contribution is -2.30. The highest BCUT2D eigenvalue weighted by atomic mass is 16.6. The lowest BCUT2D eigenvalue weighted by atomic mass is 10.0. The van der Waals surface area contributed by atoms with E-state index >= 15 is 0 Å². The first-order valence-corrected chi connectivity index (χ1v) is 30.3. The van der Waals surface area contributed by atoms with E-state index in [9.17, 15) is 14.4 Å². The SMILES string of the molecule is CCCCCCC/C=C\C/C=C\CCCCCCCCCCCC(=O)OCC(COC(=O)CCCCCCCCCCCCCC)OC(=O)CCCCCCCCCCCCCCCCCCC. The van der Waals surface area contributed by atoms with Gasteiger partial charge in [-0.1, -0.05) is 289 Å². The van der Waals surface area contributed by atoms with Gasteiger partial charge in [0.25, 0.3) is 0 Å². The van der Waals surface area contributed by atoms with Gasteiger partial charge in [-0.15, -0.1) is 0 Å². The van der Waals surface area contributed by atoms with Gasteiger partial charge in [-0.2, -0.15) is 0 Å². The molecule has 0 rings (SSSR count). The number of hydrogen-bond donors (Lipinski definition) is 0. The minimum atomic E-state index is -0.768. The fourth-order valence-corrected chi connectivity index (χ4v) is 9.12. The maximum absolute atomic E-state index is 12.9. The Morgan fingerprint density at radius 2 is 0.529 bits per heavy atom. The molecule has 0 N–H and O–H groups in total. The molecule has 0 amide bonds. The summed E-state index contributed by atoms with van der Waals surface area (Å²) in [5, 5.41) is 0. The zero-order valence-electron chi connectivity index (χ0n) is 45.9. The molecule has 0 aromatic heterocycles. The minimum absolute atomic E-state index is 0.0667. The van der Waals surface area contributed by atoms with Gasteiger partial charge in [0, 0.05) is 19.3 Å². The van der Waals surface area contributed by atoms with E-state index in [1.165, 1.54) is 231 Å².